The number of alkyl halides is 3. The zero-order valence-electron chi connectivity index (χ0n) is 12.6. The van der Waals surface area contributed by atoms with Crippen molar-refractivity contribution in [3.8, 4) is 11.3 Å². The van der Waals surface area contributed by atoms with Gasteiger partial charge in [-0.05, 0) is 37.3 Å². The number of nitrogens with zero attached hydrogens (tertiary/aromatic N) is 2. The summed E-state index contributed by atoms with van der Waals surface area (Å²) in [6.45, 7) is 1.08. The second-order valence-electron chi connectivity index (χ2n) is 5.37. The third kappa shape index (κ3) is 3.59. The molecule has 1 unspecified atom stereocenters. The van der Waals surface area contributed by atoms with Crippen LogP contribution in [0.2, 0.25) is 5.02 Å². The quantitative estimate of drug-likeness (QED) is 0.694. The van der Waals surface area contributed by atoms with Crippen LogP contribution in [0.5, 0.6) is 0 Å². The van der Waals surface area contributed by atoms with Crippen molar-refractivity contribution in [3.05, 3.63) is 53.7 Å². The van der Waals surface area contributed by atoms with Gasteiger partial charge in [-0.2, -0.15) is 13.2 Å². The predicted octanol–water partition coefficient (Wildman–Crippen LogP) is 5.31. The monoisotopic (exact) mass is 351 g/mol. The van der Waals surface area contributed by atoms with E-state index >= 15 is 0 Å². The molecule has 0 aliphatic rings. The molecule has 0 aliphatic carbocycles. The summed E-state index contributed by atoms with van der Waals surface area (Å²) in [7, 11) is 0. The van der Waals surface area contributed by atoms with Crippen molar-refractivity contribution in [2.24, 2.45) is 0 Å². The smallest absolute Gasteiger partial charge is 0.374 e. The van der Waals surface area contributed by atoms with E-state index < -0.39 is 12.2 Å². The Bertz CT molecular complexity index is 863. The van der Waals surface area contributed by atoms with Crippen LogP contribution < -0.4 is 5.32 Å². The molecule has 1 heterocycles. The van der Waals surface area contributed by atoms with Crippen LogP contribution in [0.25, 0.3) is 22.3 Å². The summed E-state index contributed by atoms with van der Waals surface area (Å²) in [5.41, 5.74) is 3.18. The molecule has 0 radical (unpaired) electrons. The molecule has 0 saturated carbocycles. The molecular formula is C17H13ClF3N3. The molecule has 0 spiro atoms. The Labute approximate surface area is 141 Å². The van der Waals surface area contributed by atoms with Gasteiger partial charge in [-0.25, -0.2) is 4.98 Å². The molecule has 0 amide bonds. The maximum Gasteiger partial charge on any atom is 0.408 e. The van der Waals surface area contributed by atoms with Crippen LogP contribution in [-0.2, 0) is 0 Å². The highest BCUT2D eigenvalue weighted by Crippen LogP contribution is 2.26. The fourth-order valence-corrected chi connectivity index (χ4v) is 2.36. The molecule has 3 nitrogen and oxygen atoms in total. The van der Waals surface area contributed by atoms with E-state index in [1.807, 2.05) is 0 Å². The van der Waals surface area contributed by atoms with Gasteiger partial charge in [-0.15, -0.1) is 0 Å². The number of anilines is 1. The summed E-state index contributed by atoms with van der Waals surface area (Å²) in [4.78, 5) is 8.81. The van der Waals surface area contributed by atoms with Gasteiger partial charge in [0.05, 0.1) is 22.9 Å². The standard InChI is InChI=1S/C17H13ClF3N3/c1-10(17(19,20)21)23-13-5-2-11(3-6-13)16-9-22-15-8-12(18)4-7-14(15)24-16/h2-10,23H,1H3. The third-order valence-electron chi connectivity index (χ3n) is 3.56. The molecule has 0 bridgehead atoms. The van der Waals surface area contributed by atoms with Gasteiger partial charge in [-0.1, -0.05) is 23.7 Å². The lowest BCUT2D eigenvalue weighted by molar-refractivity contribution is -0.138. The summed E-state index contributed by atoms with van der Waals surface area (Å²) < 4.78 is 37.7. The first-order valence-corrected chi connectivity index (χ1v) is 7.57. The molecule has 24 heavy (non-hydrogen) atoms. The predicted molar refractivity (Wildman–Crippen MR) is 89.1 cm³/mol. The highest BCUT2D eigenvalue weighted by atomic mass is 35.5. The Balaban J connectivity index is 1.84. The van der Waals surface area contributed by atoms with E-state index in [1.54, 1.807) is 48.7 Å². The van der Waals surface area contributed by atoms with Gasteiger partial charge in [0.15, 0.2) is 0 Å². The number of nitrogens with one attached hydrogen (secondary N) is 1. The zero-order chi connectivity index (χ0) is 17.3. The van der Waals surface area contributed by atoms with Crippen LogP contribution in [0.1, 0.15) is 6.92 Å². The van der Waals surface area contributed by atoms with Crippen molar-refractivity contribution in [3.63, 3.8) is 0 Å². The first kappa shape index (κ1) is 16.5. The van der Waals surface area contributed by atoms with Crippen molar-refractivity contribution in [2.45, 2.75) is 19.1 Å². The molecule has 1 N–H and O–H groups in total. The van der Waals surface area contributed by atoms with Gasteiger partial charge in [0.2, 0.25) is 0 Å². The maximum atomic E-state index is 12.6. The van der Waals surface area contributed by atoms with Crippen LogP contribution in [-0.4, -0.2) is 22.2 Å². The van der Waals surface area contributed by atoms with Gasteiger partial charge < -0.3 is 5.32 Å². The van der Waals surface area contributed by atoms with Crippen molar-refractivity contribution in [1.82, 2.24) is 9.97 Å². The number of benzene rings is 2. The van der Waals surface area contributed by atoms with E-state index in [4.69, 9.17) is 11.6 Å². The molecule has 2 aromatic carbocycles. The van der Waals surface area contributed by atoms with Gasteiger partial charge >= 0.3 is 6.18 Å². The lowest BCUT2D eigenvalue weighted by Crippen LogP contribution is -2.32. The molecule has 7 heteroatoms. The second-order valence-corrected chi connectivity index (χ2v) is 5.81. The highest BCUT2D eigenvalue weighted by Gasteiger charge is 2.35. The number of fused-ring (bicyclic) bond motifs is 1. The lowest BCUT2D eigenvalue weighted by Gasteiger charge is -2.18. The second kappa shape index (κ2) is 6.28. The molecule has 124 valence electrons. The minimum atomic E-state index is -4.29. The largest absolute Gasteiger partial charge is 0.408 e. The molecule has 3 aromatic rings. The van der Waals surface area contributed by atoms with Crippen molar-refractivity contribution in [2.75, 3.05) is 5.32 Å². The first-order valence-electron chi connectivity index (χ1n) is 7.19. The van der Waals surface area contributed by atoms with Gasteiger partial charge in [0.25, 0.3) is 0 Å². The number of aromatic nitrogens is 2. The van der Waals surface area contributed by atoms with Crippen LogP contribution in [0.15, 0.2) is 48.7 Å². The Morgan fingerprint density at radius 1 is 1.04 bits per heavy atom. The molecule has 3 rings (SSSR count). The van der Waals surface area contributed by atoms with Crippen LogP contribution in [0, 0.1) is 0 Å². The van der Waals surface area contributed by atoms with Crippen LogP contribution in [0.4, 0.5) is 18.9 Å². The van der Waals surface area contributed by atoms with Crippen molar-refractivity contribution < 1.29 is 13.2 Å². The minimum Gasteiger partial charge on any atom is -0.374 e. The van der Waals surface area contributed by atoms with E-state index in [0.29, 0.717) is 27.4 Å². The van der Waals surface area contributed by atoms with E-state index in [-0.39, 0.29) is 0 Å². The van der Waals surface area contributed by atoms with E-state index in [1.165, 1.54) is 0 Å². The summed E-state index contributed by atoms with van der Waals surface area (Å²) in [6.07, 6.45) is -2.68. The van der Waals surface area contributed by atoms with E-state index in [2.05, 4.69) is 15.3 Å². The zero-order valence-corrected chi connectivity index (χ0v) is 13.4. The van der Waals surface area contributed by atoms with Gasteiger partial charge in [0, 0.05) is 16.3 Å². The fraction of sp³-hybridized carbons (Fsp3) is 0.176. The Morgan fingerprint density at radius 2 is 1.75 bits per heavy atom. The fourth-order valence-electron chi connectivity index (χ4n) is 2.19. The first-order chi connectivity index (χ1) is 11.3. The molecule has 0 fully saturated rings. The van der Waals surface area contributed by atoms with E-state index in [9.17, 15) is 13.2 Å². The summed E-state index contributed by atoms with van der Waals surface area (Å²) in [5, 5.41) is 3.00. The van der Waals surface area contributed by atoms with E-state index in [0.717, 1.165) is 12.5 Å². The maximum absolute atomic E-state index is 12.6. The third-order valence-corrected chi connectivity index (χ3v) is 3.79. The summed E-state index contributed by atoms with van der Waals surface area (Å²) >= 11 is 5.91. The lowest BCUT2D eigenvalue weighted by atomic mass is 10.1. The van der Waals surface area contributed by atoms with Gasteiger partial charge in [0.1, 0.15) is 6.04 Å². The SMILES string of the molecule is CC(Nc1ccc(-c2cnc3cc(Cl)ccc3n2)cc1)C(F)(F)F. The van der Waals surface area contributed by atoms with Gasteiger partial charge in [-0.3, -0.25) is 4.98 Å². The average molecular weight is 352 g/mol. The molecule has 0 aliphatic heterocycles. The van der Waals surface area contributed by atoms with Crippen LogP contribution in [0.3, 0.4) is 0 Å². The molecule has 0 saturated heterocycles. The highest BCUT2D eigenvalue weighted by molar-refractivity contribution is 6.31. The minimum absolute atomic E-state index is 0.393. The van der Waals surface area contributed by atoms with Crippen molar-refractivity contribution >= 4 is 28.3 Å². The van der Waals surface area contributed by atoms with Crippen molar-refractivity contribution in [1.29, 1.82) is 0 Å². The van der Waals surface area contributed by atoms with Crippen LogP contribution >= 0.6 is 11.6 Å². The number of rotatable bonds is 3. The summed E-state index contributed by atoms with van der Waals surface area (Å²) in [6, 6.07) is 10.2. The Morgan fingerprint density at radius 3 is 2.42 bits per heavy atom. The molecule has 1 aromatic heterocycles. The Kier molecular flexibility index (Phi) is 4.32. The molecular weight excluding hydrogens is 339 g/mol. The summed E-state index contributed by atoms with van der Waals surface area (Å²) in [5.74, 6) is 0. The normalized spacial score (nSPS) is 13.0. The average Bonchev–Trinajstić information content (AvgIpc) is 2.54. The number of hydrogen-bond acceptors (Lipinski definition) is 3. The Hall–Kier alpha value is -2.34. The number of hydrogen-bond donors (Lipinski definition) is 1. The topological polar surface area (TPSA) is 37.8 Å². The molecule has 1 atom stereocenters. The number of halogens is 4.